The summed E-state index contributed by atoms with van der Waals surface area (Å²) in [4.78, 5) is 5.65. The summed E-state index contributed by atoms with van der Waals surface area (Å²) in [5.41, 5.74) is 8.26. The SMILES string of the molecule is Cc1ccc(F)c(-c2nc(C(C)(C)C)c(CN)s2)c1. The molecule has 0 saturated heterocycles. The Morgan fingerprint density at radius 2 is 2.00 bits per heavy atom. The predicted octanol–water partition coefficient (Wildman–Crippen LogP) is 4.01. The van der Waals surface area contributed by atoms with Crippen LogP contribution in [0.4, 0.5) is 4.39 Å². The molecule has 0 atom stereocenters. The second-order valence-electron chi connectivity index (χ2n) is 5.73. The Kier molecular flexibility index (Phi) is 3.74. The first-order valence-corrected chi connectivity index (χ1v) is 7.11. The number of thiazole rings is 1. The highest BCUT2D eigenvalue weighted by atomic mass is 32.1. The van der Waals surface area contributed by atoms with Crippen LogP contribution >= 0.6 is 11.3 Å². The molecule has 1 heterocycles. The molecule has 0 aliphatic rings. The normalized spacial score (nSPS) is 11.9. The standard InChI is InChI=1S/C15H19FN2S/c1-9-5-6-11(16)10(7-9)14-18-13(15(2,3)4)12(8-17)19-14/h5-7H,8,17H2,1-4H3. The summed E-state index contributed by atoms with van der Waals surface area (Å²) >= 11 is 1.49. The first-order valence-electron chi connectivity index (χ1n) is 6.29. The van der Waals surface area contributed by atoms with Gasteiger partial charge >= 0.3 is 0 Å². The van der Waals surface area contributed by atoms with Gasteiger partial charge in [-0.3, -0.25) is 0 Å². The highest BCUT2D eigenvalue weighted by molar-refractivity contribution is 7.15. The molecule has 0 aliphatic carbocycles. The van der Waals surface area contributed by atoms with Gasteiger partial charge in [0, 0.05) is 22.4 Å². The summed E-state index contributed by atoms with van der Waals surface area (Å²) in [6, 6.07) is 5.09. The zero-order valence-corrected chi connectivity index (χ0v) is 12.6. The largest absolute Gasteiger partial charge is 0.326 e. The van der Waals surface area contributed by atoms with Gasteiger partial charge in [-0.25, -0.2) is 9.37 Å². The van der Waals surface area contributed by atoms with Crippen LogP contribution in [0.5, 0.6) is 0 Å². The quantitative estimate of drug-likeness (QED) is 0.901. The van der Waals surface area contributed by atoms with Gasteiger partial charge in [-0.05, 0) is 19.1 Å². The molecule has 0 unspecified atom stereocenters. The van der Waals surface area contributed by atoms with Crippen LogP contribution in [0.3, 0.4) is 0 Å². The third-order valence-corrected chi connectivity index (χ3v) is 4.06. The van der Waals surface area contributed by atoms with Crippen molar-refractivity contribution in [3.05, 3.63) is 40.2 Å². The maximum Gasteiger partial charge on any atom is 0.133 e. The van der Waals surface area contributed by atoms with Gasteiger partial charge in [0.1, 0.15) is 10.8 Å². The topological polar surface area (TPSA) is 38.9 Å². The predicted molar refractivity (Wildman–Crippen MR) is 78.8 cm³/mol. The zero-order valence-electron chi connectivity index (χ0n) is 11.7. The number of nitrogens with zero attached hydrogens (tertiary/aromatic N) is 1. The van der Waals surface area contributed by atoms with E-state index in [9.17, 15) is 4.39 Å². The third-order valence-electron chi connectivity index (χ3n) is 2.95. The summed E-state index contributed by atoms with van der Waals surface area (Å²) in [6.45, 7) is 8.68. The van der Waals surface area contributed by atoms with Crippen LogP contribution in [0, 0.1) is 12.7 Å². The average molecular weight is 278 g/mol. The summed E-state index contributed by atoms with van der Waals surface area (Å²) < 4.78 is 13.9. The van der Waals surface area contributed by atoms with E-state index >= 15 is 0 Å². The number of hydrogen-bond donors (Lipinski definition) is 1. The van der Waals surface area contributed by atoms with Crippen molar-refractivity contribution in [2.24, 2.45) is 5.73 Å². The van der Waals surface area contributed by atoms with Crippen molar-refractivity contribution in [3.63, 3.8) is 0 Å². The minimum atomic E-state index is -0.233. The molecule has 2 N–H and O–H groups in total. The van der Waals surface area contributed by atoms with Crippen molar-refractivity contribution in [1.29, 1.82) is 0 Å². The Bertz CT molecular complexity index is 597. The van der Waals surface area contributed by atoms with Gasteiger partial charge < -0.3 is 5.73 Å². The van der Waals surface area contributed by atoms with Crippen molar-refractivity contribution in [1.82, 2.24) is 4.98 Å². The van der Waals surface area contributed by atoms with Crippen LogP contribution in [0.1, 0.15) is 36.9 Å². The van der Waals surface area contributed by atoms with E-state index in [-0.39, 0.29) is 11.2 Å². The van der Waals surface area contributed by atoms with E-state index in [0.29, 0.717) is 17.1 Å². The van der Waals surface area contributed by atoms with Gasteiger partial charge in [-0.2, -0.15) is 0 Å². The number of aromatic nitrogens is 1. The van der Waals surface area contributed by atoms with Crippen LogP contribution in [-0.4, -0.2) is 4.98 Å². The average Bonchev–Trinajstić information content (AvgIpc) is 2.76. The molecule has 0 fully saturated rings. The van der Waals surface area contributed by atoms with Crippen LogP contribution in [0.2, 0.25) is 0 Å². The smallest absolute Gasteiger partial charge is 0.133 e. The molecule has 0 saturated carbocycles. The Morgan fingerprint density at radius 3 is 2.53 bits per heavy atom. The van der Waals surface area contributed by atoms with E-state index in [1.165, 1.54) is 17.4 Å². The van der Waals surface area contributed by atoms with Crippen molar-refractivity contribution < 1.29 is 4.39 Å². The molecule has 0 bridgehead atoms. The molecule has 2 nitrogen and oxygen atoms in total. The Morgan fingerprint density at radius 1 is 1.32 bits per heavy atom. The lowest BCUT2D eigenvalue weighted by Gasteiger charge is -2.16. The molecule has 2 rings (SSSR count). The maximum atomic E-state index is 13.9. The van der Waals surface area contributed by atoms with Gasteiger partial charge in [0.15, 0.2) is 0 Å². The second-order valence-corrected chi connectivity index (χ2v) is 6.81. The van der Waals surface area contributed by atoms with Crippen LogP contribution < -0.4 is 5.73 Å². The molecule has 2 aromatic rings. The van der Waals surface area contributed by atoms with E-state index < -0.39 is 0 Å². The fourth-order valence-electron chi connectivity index (χ4n) is 1.99. The third kappa shape index (κ3) is 2.85. The molecule has 0 aliphatic heterocycles. The minimum absolute atomic E-state index is 0.0796. The van der Waals surface area contributed by atoms with Crippen molar-refractivity contribution in [3.8, 4) is 10.6 Å². The van der Waals surface area contributed by atoms with Crippen LogP contribution in [-0.2, 0) is 12.0 Å². The van der Waals surface area contributed by atoms with Gasteiger partial charge in [0.05, 0.1) is 5.69 Å². The summed E-state index contributed by atoms with van der Waals surface area (Å²) in [5, 5.41) is 0.714. The first-order chi connectivity index (χ1) is 8.82. The Hall–Kier alpha value is -1.26. The molecule has 102 valence electrons. The van der Waals surface area contributed by atoms with Gasteiger partial charge in [-0.1, -0.05) is 32.4 Å². The lowest BCUT2D eigenvalue weighted by atomic mass is 9.91. The molecule has 1 aromatic heterocycles. The zero-order chi connectivity index (χ0) is 14.2. The number of rotatable bonds is 2. The molecule has 0 radical (unpaired) electrons. The van der Waals surface area contributed by atoms with Crippen molar-refractivity contribution in [2.45, 2.75) is 39.7 Å². The number of nitrogens with two attached hydrogens (primary N) is 1. The molecule has 1 aromatic carbocycles. The number of hydrogen-bond acceptors (Lipinski definition) is 3. The number of halogens is 1. The summed E-state index contributed by atoms with van der Waals surface area (Å²) in [7, 11) is 0. The molecular weight excluding hydrogens is 259 g/mol. The van der Waals surface area contributed by atoms with E-state index in [0.717, 1.165) is 16.1 Å². The van der Waals surface area contributed by atoms with E-state index in [1.54, 1.807) is 6.07 Å². The minimum Gasteiger partial charge on any atom is -0.326 e. The Labute approximate surface area is 117 Å². The first kappa shape index (κ1) is 14.2. The lowest BCUT2D eigenvalue weighted by Crippen LogP contribution is -2.15. The fraction of sp³-hybridized carbons (Fsp3) is 0.400. The number of aryl methyl sites for hydroxylation is 1. The summed E-state index contributed by atoms with van der Waals surface area (Å²) in [5.74, 6) is -0.233. The van der Waals surface area contributed by atoms with E-state index in [2.05, 4.69) is 25.8 Å². The van der Waals surface area contributed by atoms with Gasteiger partial charge in [0.25, 0.3) is 0 Å². The number of benzene rings is 1. The summed E-state index contributed by atoms with van der Waals surface area (Å²) in [6.07, 6.45) is 0. The Balaban J connectivity index is 2.58. The highest BCUT2D eigenvalue weighted by Crippen LogP contribution is 2.35. The van der Waals surface area contributed by atoms with Crippen LogP contribution in [0.25, 0.3) is 10.6 Å². The highest BCUT2D eigenvalue weighted by Gasteiger charge is 2.23. The lowest BCUT2D eigenvalue weighted by molar-refractivity contribution is 0.566. The molecule has 0 spiro atoms. The van der Waals surface area contributed by atoms with E-state index in [1.807, 2.05) is 13.0 Å². The maximum absolute atomic E-state index is 13.9. The molecule has 0 amide bonds. The van der Waals surface area contributed by atoms with Gasteiger partial charge in [0.2, 0.25) is 0 Å². The van der Waals surface area contributed by atoms with Gasteiger partial charge in [-0.15, -0.1) is 11.3 Å². The molecule has 4 heteroatoms. The van der Waals surface area contributed by atoms with Crippen LogP contribution in [0.15, 0.2) is 18.2 Å². The van der Waals surface area contributed by atoms with Crippen molar-refractivity contribution >= 4 is 11.3 Å². The fourth-order valence-corrected chi connectivity index (χ4v) is 3.16. The monoisotopic (exact) mass is 278 g/mol. The van der Waals surface area contributed by atoms with Crippen molar-refractivity contribution in [2.75, 3.05) is 0 Å². The second kappa shape index (κ2) is 5.02. The van der Waals surface area contributed by atoms with E-state index in [4.69, 9.17) is 5.73 Å². The molecule has 19 heavy (non-hydrogen) atoms. The molecular formula is C15H19FN2S.